The third-order valence-corrected chi connectivity index (χ3v) is 4.28. The molecule has 2 rings (SSSR count). The fourth-order valence-corrected chi connectivity index (χ4v) is 2.61. The van der Waals surface area contributed by atoms with Crippen LogP contribution in [-0.2, 0) is 16.0 Å². The molecule has 0 aliphatic carbocycles. The van der Waals surface area contributed by atoms with Crippen LogP contribution in [-0.4, -0.2) is 43.9 Å². The normalized spacial score (nSPS) is 10.3. The van der Waals surface area contributed by atoms with E-state index in [1.54, 1.807) is 0 Å². The first-order chi connectivity index (χ1) is 12.3. The molecule has 0 aliphatic rings. The van der Waals surface area contributed by atoms with E-state index >= 15 is 0 Å². The number of hydrogen-bond acceptors (Lipinski definition) is 3. The number of halogens is 1. The third kappa shape index (κ3) is 6.08. The van der Waals surface area contributed by atoms with Crippen molar-refractivity contribution < 1.29 is 9.59 Å². The molecule has 2 amide bonds. The molecule has 0 fully saturated rings. The van der Waals surface area contributed by atoms with Crippen molar-refractivity contribution in [2.24, 2.45) is 0 Å². The van der Waals surface area contributed by atoms with Crippen LogP contribution < -0.4 is 10.2 Å². The van der Waals surface area contributed by atoms with Gasteiger partial charge in [-0.05, 0) is 48.4 Å². The Morgan fingerprint density at radius 3 is 2.15 bits per heavy atom. The van der Waals surface area contributed by atoms with Crippen molar-refractivity contribution in [1.82, 2.24) is 4.90 Å². The molecule has 0 atom stereocenters. The van der Waals surface area contributed by atoms with Crippen LogP contribution >= 0.6 is 11.6 Å². The number of hydrogen-bond donors (Lipinski definition) is 1. The lowest BCUT2D eigenvalue weighted by Gasteiger charge is -2.21. The van der Waals surface area contributed by atoms with Crippen LogP contribution in [0.5, 0.6) is 0 Å². The minimum Gasteiger partial charge on any atom is -0.378 e. The fraction of sp³-hybridized carbons (Fsp3) is 0.300. The first-order valence-electron chi connectivity index (χ1n) is 8.42. The molecule has 0 aromatic heterocycles. The SMILES string of the molecule is CC(=O)N(CCc1ccc(Cl)cc1)CC(=O)Nc1ccc(N(C)C)cc1. The lowest BCUT2D eigenvalue weighted by atomic mass is 10.1. The van der Waals surface area contributed by atoms with Crippen molar-refractivity contribution in [2.45, 2.75) is 13.3 Å². The zero-order valence-electron chi connectivity index (χ0n) is 15.3. The van der Waals surface area contributed by atoms with Crippen LogP contribution in [0.15, 0.2) is 48.5 Å². The summed E-state index contributed by atoms with van der Waals surface area (Å²) in [5, 5.41) is 3.51. The lowest BCUT2D eigenvalue weighted by Crippen LogP contribution is -2.38. The van der Waals surface area contributed by atoms with Gasteiger partial charge in [0.05, 0.1) is 6.54 Å². The number of rotatable bonds is 7. The second-order valence-electron chi connectivity index (χ2n) is 6.31. The summed E-state index contributed by atoms with van der Waals surface area (Å²) in [7, 11) is 3.91. The molecular weight excluding hydrogens is 350 g/mol. The van der Waals surface area contributed by atoms with E-state index in [0.717, 1.165) is 11.3 Å². The Hall–Kier alpha value is -2.53. The molecular formula is C20H24ClN3O2. The van der Waals surface area contributed by atoms with Gasteiger partial charge in [-0.15, -0.1) is 0 Å². The number of anilines is 2. The van der Waals surface area contributed by atoms with E-state index in [-0.39, 0.29) is 18.4 Å². The molecule has 1 N–H and O–H groups in total. The third-order valence-electron chi connectivity index (χ3n) is 4.03. The summed E-state index contributed by atoms with van der Waals surface area (Å²) in [4.78, 5) is 27.6. The molecule has 0 radical (unpaired) electrons. The molecule has 2 aromatic rings. The zero-order chi connectivity index (χ0) is 19.1. The summed E-state index contributed by atoms with van der Waals surface area (Å²) in [6.45, 7) is 1.98. The number of nitrogens with zero attached hydrogens (tertiary/aromatic N) is 2. The van der Waals surface area contributed by atoms with Gasteiger partial charge in [0.15, 0.2) is 0 Å². The van der Waals surface area contributed by atoms with E-state index in [1.165, 1.54) is 11.8 Å². The average Bonchev–Trinajstić information content (AvgIpc) is 2.60. The van der Waals surface area contributed by atoms with E-state index in [0.29, 0.717) is 23.7 Å². The van der Waals surface area contributed by atoms with Crippen molar-refractivity contribution in [3.05, 3.63) is 59.1 Å². The van der Waals surface area contributed by atoms with E-state index in [1.807, 2.05) is 67.5 Å². The van der Waals surface area contributed by atoms with Gasteiger partial charge >= 0.3 is 0 Å². The Kier molecular flexibility index (Phi) is 7.04. The highest BCUT2D eigenvalue weighted by Gasteiger charge is 2.14. The van der Waals surface area contributed by atoms with Gasteiger partial charge in [-0.25, -0.2) is 0 Å². The lowest BCUT2D eigenvalue weighted by molar-refractivity contribution is -0.132. The van der Waals surface area contributed by atoms with E-state index in [9.17, 15) is 9.59 Å². The monoisotopic (exact) mass is 373 g/mol. The first-order valence-corrected chi connectivity index (χ1v) is 8.80. The molecule has 0 heterocycles. The summed E-state index contributed by atoms with van der Waals surface area (Å²) in [5.41, 5.74) is 2.83. The van der Waals surface area contributed by atoms with E-state index in [4.69, 9.17) is 11.6 Å². The molecule has 0 spiro atoms. The number of benzene rings is 2. The van der Waals surface area contributed by atoms with E-state index in [2.05, 4.69) is 5.32 Å². The quantitative estimate of drug-likeness (QED) is 0.808. The van der Waals surface area contributed by atoms with E-state index < -0.39 is 0 Å². The van der Waals surface area contributed by atoms with Gasteiger partial charge in [-0.2, -0.15) is 0 Å². The van der Waals surface area contributed by atoms with Crippen LogP contribution in [0.1, 0.15) is 12.5 Å². The second kappa shape index (κ2) is 9.25. The van der Waals surface area contributed by atoms with Gasteiger partial charge in [0.1, 0.15) is 0 Å². The van der Waals surface area contributed by atoms with Crippen LogP contribution in [0.2, 0.25) is 5.02 Å². The van der Waals surface area contributed by atoms with Gasteiger partial charge in [0.2, 0.25) is 11.8 Å². The number of amides is 2. The highest BCUT2D eigenvalue weighted by molar-refractivity contribution is 6.30. The molecule has 2 aromatic carbocycles. The molecule has 26 heavy (non-hydrogen) atoms. The van der Waals surface area contributed by atoms with Crippen molar-refractivity contribution in [2.75, 3.05) is 37.4 Å². The molecule has 5 nitrogen and oxygen atoms in total. The first kappa shape index (κ1) is 19.8. The van der Waals surface area contributed by atoms with Gasteiger partial charge < -0.3 is 15.1 Å². The highest BCUT2D eigenvalue weighted by atomic mass is 35.5. The maximum absolute atomic E-state index is 12.3. The fourth-order valence-electron chi connectivity index (χ4n) is 2.48. The van der Waals surface area contributed by atoms with Crippen LogP contribution in [0.3, 0.4) is 0 Å². The average molecular weight is 374 g/mol. The maximum Gasteiger partial charge on any atom is 0.243 e. The standard InChI is InChI=1S/C20H24ClN3O2/c1-15(25)24(13-12-16-4-6-17(21)7-5-16)14-20(26)22-18-8-10-19(11-9-18)23(2)3/h4-11H,12-14H2,1-3H3,(H,22,26). The van der Waals surface area contributed by atoms with Crippen molar-refractivity contribution in [3.8, 4) is 0 Å². The van der Waals surface area contributed by atoms with Crippen molar-refractivity contribution in [3.63, 3.8) is 0 Å². The molecule has 0 aliphatic heterocycles. The summed E-state index contributed by atoms with van der Waals surface area (Å²) >= 11 is 5.88. The Morgan fingerprint density at radius 2 is 1.62 bits per heavy atom. The van der Waals surface area contributed by atoms with Crippen molar-refractivity contribution >= 4 is 34.8 Å². The highest BCUT2D eigenvalue weighted by Crippen LogP contribution is 2.15. The Morgan fingerprint density at radius 1 is 1.00 bits per heavy atom. The maximum atomic E-state index is 12.3. The largest absolute Gasteiger partial charge is 0.378 e. The molecule has 138 valence electrons. The zero-order valence-corrected chi connectivity index (χ0v) is 16.1. The number of carbonyl (C=O) groups is 2. The van der Waals surface area contributed by atoms with Gasteiger partial charge in [0.25, 0.3) is 0 Å². The molecule has 6 heteroatoms. The van der Waals surface area contributed by atoms with Gasteiger partial charge in [0, 0.05) is 44.0 Å². The Bertz CT molecular complexity index is 743. The smallest absolute Gasteiger partial charge is 0.243 e. The summed E-state index contributed by atoms with van der Waals surface area (Å²) in [6, 6.07) is 15.0. The Balaban J connectivity index is 1.90. The second-order valence-corrected chi connectivity index (χ2v) is 6.74. The van der Waals surface area contributed by atoms with Gasteiger partial charge in [-0.1, -0.05) is 23.7 Å². The topological polar surface area (TPSA) is 52.7 Å². The minimum absolute atomic E-state index is 0.0261. The molecule has 0 unspecified atom stereocenters. The summed E-state index contributed by atoms with van der Waals surface area (Å²) in [6.07, 6.45) is 0.668. The number of nitrogens with one attached hydrogen (secondary N) is 1. The predicted octanol–water partition coefficient (Wildman–Crippen LogP) is 3.44. The van der Waals surface area contributed by atoms with Crippen LogP contribution in [0, 0.1) is 0 Å². The molecule has 0 bridgehead atoms. The van der Waals surface area contributed by atoms with Crippen LogP contribution in [0.25, 0.3) is 0 Å². The summed E-state index contributed by atoms with van der Waals surface area (Å²) < 4.78 is 0. The molecule has 0 saturated carbocycles. The van der Waals surface area contributed by atoms with Crippen molar-refractivity contribution in [1.29, 1.82) is 0 Å². The Labute approximate surface area is 159 Å². The predicted molar refractivity (Wildman–Crippen MR) is 107 cm³/mol. The van der Waals surface area contributed by atoms with Gasteiger partial charge in [-0.3, -0.25) is 9.59 Å². The number of carbonyl (C=O) groups excluding carboxylic acids is 2. The molecule has 0 saturated heterocycles. The van der Waals surface area contributed by atoms with Crippen LogP contribution in [0.4, 0.5) is 11.4 Å². The minimum atomic E-state index is -0.214. The summed E-state index contributed by atoms with van der Waals surface area (Å²) in [5.74, 6) is -0.342.